The molecule has 6 nitrogen and oxygen atoms in total. The van der Waals surface area contributed by atoms with Gasteiger partial charge in [-0.15, -0.1) is 0 Å². The Kier molecular flexibility index (Phi) is 3.93. The van der Waals surface area contributed by atoms with E-state index in [1.807, 2.05) is 0 Å². The van der Waals surface area contributed by atoms with E-state index in [4.69, 9.17) is 0 Å². The topological polar surface area (TPSA) is 87.1 Å². The maximum absolute atomic E-state index is 11.8. The molecule has 1 heterocycles. The second kappa shape index (κ2) is 5.64. The molecule has 0 aliphatic carbocycles. The first kappa shape index (κ1) is 13.9. The number of nitrogens with one attached hydrogen (secondary N) is 2. The van der Waals surface area contributed by atoms with E-state index in [1.165, 1.54) is 6.07 Å². The average molecular weight is 275 g/mol. The molecule has 6 heteroatoms. The summed E-state index contributed by atoms with van der Waals surface area (Å²) in [6.07, 6.45) is 0. The fourth-order valence-corrected chi connectivity index (χ4v) is 1.90. The molecule has 0 unspecified atom stereocenters. The number of hydrogen-bond acceptors (Lipinski definition) is 4. The van der Waals surface area contributed by atoms with E-state index in [0.717, 1.165) is 10.1 Å². The number of aromatic hydroxyl groups is 1. The predicted octanol–water partition coefficient (Wildman–Crippen LogP) is 1.44. The minimum absolute atomic E-state index is 0.183. The summed E-state index contributed by atoms with van der Waals surface area (Å²) in [4.78, 5) is 26.2. The van der Waals surface area contributed by atoms with Crippen LogP contribution in [0.15, 0.2) is 39.9 Å². The lowest BCUT2D eigenvalue weighted by Gasteiger charge is -2.10. The maximum atomic E-state index is 11.8. The zero-order chi connectivity index (χ0) is 14.7. The summed E-state index contributed by atoms with van der Waals surface area (Å²) < 4.78 is 1.16. The van der Waals surface area contributed by atoms with Crippen molar-refractivity contribution in [3.05, 3.63) is 56.7 Å². The number of nitrogens with zero attached hydrogens (tertiary/aromatic N) is 1. The number of aromatic amines is 1. The van der Waals surface area contributed by atoms with E-state index in [-0.39, 0.29) is 17.4 Å². The van der Waals surface area contributed by atoms with E-state index < -0.39 is 5.69 Å². The van der Waals surface area contributed by atoms with Crippen LogP contribution in [0.2, 0.25) is 0 Å². The molecule has 0 aliphatic rings. The van der Waals surface area contributed by atoms with Gasteiger partial charge in [-0.3, -0.25) is 14.3 Å². The van der Waals surface area contributed by atoms with E-state index in [9.17, 15) is 14.7 Å². The Morgan fingerprint density at radius 1 is 1.25 bits per heavy atom. The molecule has 0 bridgehead atoms. The number of benzene rings is 1. The van der Waals surface area contributed by atoms with Crippen LogP contribution in [0, 0.1) is 0 Å². The van der Waals surface area contributed by atoms with Gasteiger partial charge in [0.1, 0.15) is 11.6 Å². The molecule has 2 rings (SSSR count). The second-order valence-corrected chi connectivity index (χ2v) is 4.81. The minimum Gasteiger partial charge on any atom is -0.508 e. The molecule has 0 spiro atoms. The van der Waals surface area contributed by atoms with Crippen molar-refractivity contribution in [2.45, 2.75) is 26.4 Å². The number of phenolic OH excluding ortho intramolecular Hbond substituents is 1. The van der Waals surface area contributed by atoms with Gasteiger partial charge in [-0.1, -0.05) is 12.1 Å². The average Bonchev–Trinajstić information content (AvgIpc) is 2.37. The SMILES string of the molecule is CC(C)n1c(=O)cc(NCc2ccc(O)cc2)[nH]c1=O. The molecule has 106 valence electrons. The fourth-order valence-electron chi connectivity index (χ4n) is 1.90. The summed E-state index contributed by atoms with van der Waals surface area (Å²) in [5.74, 6) is 0.576. The molecule has 3 N–H and O–H groups in total. The summed E-state index contributed by atoms with van der Waals surface area (Å²) in [6, 6.07) is 7.86. The molecular weight excluding hydrogens is 258 g/mol. The van der Waals surface area contributed by atoms with Crippen LogP contribution in [0.3, 0.4) is 0 Å². The van der Waals surface area contributed by atoms with Gasteiger partial charge >= 0.3 is 5.69 Å². The number of aromatic nitrogens is 2. The molecule has 1 aromatic carbocycles. The quantitative estimate of drug-likeness (QED) is 0.788. The van der Waals surface area contributed by atoms with Gasteiger partial charge in [-0.25, -0.2) is 4.79 Å². The monoisotopic (exact) mass is 275 g/mol. The highest BCUT2D eigenvalue weighted by molar-refractivity contribution is 5.35. The Hall–Kier alpha value is -2.50. The number of hydrogen-bond donors (Lipinski definition) is 3. The molecule has 0 atom stereocenters. The summed E-state index contributed by atoms with van der Waals surface area (Å²) in [7, 11) is 0. The molecule has 0 amide bonds. The Morgan fingerprint density at radius 2 is 1.90 bits per heavy atom. The van der Waals surface area contributed by atoms with Gasteiger partial charge < -0.3 is 10.4 Å². The van der Waals surface area contributed by atoms with Crippen molar-refractivity contribution in [3.63, 3.8) is 0 Å². The molecule has 0 fully saturated rings. The number of phenols is 1. The van der Waals surface area contributed by atoms with Crippen LogP contribution in [0.4, 0.5) is 5.82 Å². The summed E-state index contributed by atoms with van der Waals surface area (Å²) in [6.45, 7) is 4.00. The Morgan fingerprint density at radius 3 is 2.45 bits per heavy atom. The van der Waals surface area contributed by atoms with Crippen LogP contribution in [0.1, 0.15) is 25.5 Å². The predicted molar refractivity (Wildman–Crippen MR) is 77.1 cm³/mol. The highest BCUT2D eigenvalue weighted by Gasteiger charge is 2.07. The zero-order valence-electron chi connectivity index (χ0n) is 11.4. The highest BCUT2D eigenvalue weighted by Crippen LogP contribution is 2.10. The minimum atomic E-state index is -0.430. The van der Waals surface area contributed by atoms with Gasteiger partial charge in [-0.05, 0) is 31.5 Å². The summed E-state index contributed by atoms with van der Waals surface area (Å²) >= 11 is 0. The molecule has 2 aromatic rings. The van der Waals surface area contributed by atoms with E-state index >= 15 is 0 Å². The lowest BCUT2D eigenvalue weighted by molar-refractivity contribution is 0.475. The first-order valence-electron chi connectivity index (χ1n) is 6.35. The molecule has 0 aliphatic heterocycles. The van der Waals surface area contributed by atoms with Gasteiger partial charge in [0, 0.05) is 18.7 Å². The summed E-state index contributed by atoms with van der Waals surface area (Å²) in [5.41, 5.74) is 0.161. The first-order valence-corrected chi connectivity index (χ1v) is 6.35. The van der Waals surface area contributed by atoms with Crippen LogP contribution in [0.5, 0.6) is 5.75 Å². The van der Waals surface area contributed by atoms with Gasteiger partial charge in [0.15, 0.2) is 0 Å². The van der Waals surface area contributed by atoms with Crippen LogP contribution in [0.25, 0.3) is 0 Å². The van der Waals surface area contributed by atoms with E-state index in [2.05, 4.69) is 10.3 Å². The third kappa shape index (κ3) is 3.09. The largest absolute Gasteiger partial charge is 0.508 e. The zero-order valence-corrected chi connectivity index (χ0v) is 11.4. The molecule has 1 aromatic heterocycles. The second-order valence-electron chi connectivity index (χ2n) is 4.81. The molecule has 0 saturated carbocycles. The lowest BCUT2D eigenvalue weighted by Crippen LogP contribution is -2.36. The lowest BCUT2D eigenvalue weighted by atomic mass is 10.2. The van der Waals surface area contributed by atoms with E-state index in [0.29, 0.717) is 12.4 Å². The van der Waals surface area contributed by atoms with Crippen molar-refractivity contribution in [1.82, 2.24) is 9.55 Å². The van der Waals surface area contributed by atoms with Gasteiger partial charge in [0.2, 0.25) is 0 Å². The Balaban J connectivity index is 2.17. The number of anilines is 1. The first-order chi connectivity index (χ1) is 9.47. The normalized spacial score (nSPS) is 10.8. The highest BCUT2D eigenvalue weighted by atomic mass is 16.3. The van der Waals surface area contributed by atoms with Crippen molar-refractivity contribution in [3.8, 4) is 5.75 Å². The van der Waals surface area contributed by atoms with Crippen molar-refractivity contribution >= 4 is 5.82 Å². The Labute approximate surface area is 115 Å². The van der Waals surface area contributed by atoms with Crippen molar-refractivity contribution < 1.29 is 5.11 Å². The number of rotatable bonds is 4. The Bertz CT molecular complexity index is 668. The third-order valence-corrected chi connectivity index (χ3v) is 2.90. The van der Waals surface area contributed by atoms with Crippen molar-refractivity contribution in [2.24, 2.45) is 0 Å². The van der Waals surface area contributed by atoms with E-state index in [1.54, 1.807) is 38.1 Å². The molecule has 0 radical (unpaired) electrons. The van der Waals surface area contributed by atoms with Gasteiger partial charge in [-0.2, -0.15) is 0 Å². The van der Waals surface area contributed by atoms with Crippen LogP contribution < -0.4 is 16.6 Å². The molecule has 0 saturated heterocycles. The number of H-pyrrole nitrogens is 1. The van der Waals surface area contributed by atoms with Gasteiger partial charge in [0.05, 0.1) is 0 Å². The van der Waals surface area contributed by atoms with Gasteiger partial charge in [0.25, 0.3) is 5.56 Å². The molecule has 20 heavy (non-hydrogen) atoms. The standard InChI is InChI=1S/C14H17N3O3/c1-9(2)17-13(19)7-12(16-14(17)20)15-8-10-3-5-11(18)6-4-10/h3-7,9,15,18H,8H2,1-2H3,(H,16,20). The van der Waals surface area contributed by atoms with Crippen molar-refractivity contribution in [1.29, 1.82) is 0 Å². The maximum Gasteiger partial charge on any atom is 0.330 e. The van der Waals surface area contributed by atoms with Crippen molar-refractivity contribution in [2.75, 3.05) is 5.32 Å². The van der Waals surface area contributed by atoms with Crippen LogP contribution >= 0.6 is 0 Å². The third-order valence-electron chi connectivity index (χ3n) is 2.90. The summed E-state index contributed by atoms with van der Waals surface area (Å²) in [5, 5.41) is 12.2. The fraction of sp³-hybridized carbons (Fsp3) is 0.286. The molecular formula is C14H17N3O3. The van der Waals surface area contributed by atoms with Crippen LogP contribution in [-0.2, 0) is 6.54 Å². The smallest absolute Gasteiger partial charge is 0.330 e. The van der Waals surface area contributed by atoms with Crippen LogP contribution in [-0.4, -0.2) is 14.7 Å².